The number of aromatic amines is 1. The van der Waals surface area contributed by atoms with Crippen LogP contribution < -0.4 is 0 Å². The number of aliphatic hydroxyl groups excluding tert-OH is 1. The van der Waals surface area contributed by atoms with Crippen molar-refractivity contribution in [3.05, 3.63) is 111 Å². The number of Topliss-reactive ketones (excluding diaryl/α,β-unsaturated/α-hetero) is 1. The molecule has 4 aromatic rings. The van der Waals surface area contributed by atoms with Crippen LogP contribution in [-0.4, -0.2) is 33.2 Å². The highest BCUT2D eigenvalue weighted by Crippen LogP contribution is 2.42. The lowest BCUT2D eigenvalue weighted by atomic mass is 9.95. The van der Waals surface area contributed by atoms with Gasteiger partial charge in [0.05, 0.1) is 11.6 Å². The number of rotatable bonds is 5. The third-order valence-electron chi connectivity index (χ3n) is 6.14. The molecule has 1 aliphatic heterocycles. The van der Waals surface area contributed by atoms with E-state index in [4.69, 9.17) is 23.2 Å². The molecule has 1 aliphatic rings. The molecule has 1 amide bonds. The molecule has 2 N–H and O–H groups in total. The van der Waals surface area contributed by atoms with Gasteiger partial charge < -0.3 is 15.0 Å². The number of ketones is 1. The Morgan fingerprint density at radius 1 is 0.971 bits per heavy atom. The van der Waals surface area contributed by atoms with Gasteiger partial charge in [-0.25, -0.2) is 0 Å². The van der Waals surface area contributed by atoms with Gasteiger partial charge in [0.15, 0.2) is 0 Å². The third-order valence-corrected chi connectivity index (χ3v) is 6.70. The van der Waals surface area contributed by atoms with Crippen LogP contribution in [0.1, 0.15) is 22.7 Å². The fourth-order valence-electron chi connectivity index (χ4n) is 4.49. The van der Waals surface area contributed by atoms with Crippen molar-refractivity contribution in [2.75, 3.05) is 6.54 Å². The molecule has 3 aromatic carbocycles. The maximum atomic E-state index is 13.2. The molecule has 0 spiro atoms. The SMILES string of the molecule is O=C1C(=O)N(CCc2c[nH]c3ccccc23)C(c2ccc(Cl)cc2Cl)/C1=C(/O)c1ccccc1. The maximum Gasteiger partial charge on any atom is 0.295 e. The Kier molecular flexibility index (Phi) is 5.90. The number of H-pyrrole nitrogens is 1. The van der Waals surface area contributed by atoms with Gasteiger partial charge in [-0.1, -0.05) is 77.8 Å². The molecule has 0 aliphatic carbocycles. The van der Waals surface area contributed by atoms with Crippen molar-refractivity contribution in [2.24, 2.45) is 0 Å². The zero-order chi connectivity index (χ0) is 23.8. The number of para-hydroxylation sites is 1. The van der Waals surface area contributed by atoms with Crippen LogP contribution in [0.25, 0.3) is 16.7 Å². The largest absolute Gasteiger partial charge is 0.507 e. The Balaban J connectivity index is 1.59. The minimum absolute atomic E-state index is 0.0133. The summed E-state index contributed by atoms with van der Waals surface area (Å²) in [5.41, 5.74) is 3.02. The van der Waals surface area contributed by atoms with E-state index < -0.39 is 17.7 Å². The Bertz CT molecular complexity index is 1440. The lowest BCUT2D eigenvalue weighted by Crippen LogP contribution is -2.31. The topological polar surface area (TPSA) is 73.4 Å². The number of hydrogen-bond donors (Lipinski definition) is 2. The number of nitrogens with zero attached hydrogens (tertiary/aromatic N) is 1. The lowest BCUT2D eigenvalue weighted by Gasteiger charge is -2.26. The van der Waals surface area contributed by atoms with Crippen LogP contribution in [0.15, 0.2) is 84.6 Å². The monoisotopic (exact) mass is 490 g/mol. The molecule has 0 radical (unpaired) electrons. The summed E-state index contributed by atoms with van der Waals surface area (Å²) in [5.74, 6) is -1.64. The van der Waals surface area contributed by atoms with Crippen LogP contribution in [0.2, 0.25) is 10.0 Å². The van der Waals surface area contributed by atoms with Crippen molar-refractivity contribution in [3.8, 4) is 0 Å². The summed E-state index contributed by atoms with van der Waals surface area (Å²) in [6.07, 6.45) is 2.43. The normalized spacial score (nSPS) is 17.6. The van der Waals surface area contributed by atoms with E-state index in [1.807, 2.05) is 36.5 Å². The van der Waals surface area contributed by atoms with Crippen molar-refractivity contribution in [3.63, 3.8) is 0 Å². The molecule has 0 bridgehead atoms. The van der Waals surface area contributed by atoms with Gasteiger partial charge in [-0.3, -0.25) is 9.59 Å². The molecule has 0 saturated carbocycles. The van der Waals surface area contributed by atoms with Gasteiger partial charge in [-0.15, -0.1) is 0 Å². The molecular weight excluding hydrogens is 471 g/mol. The minimum Gasteiger partial charge on any atom is -0.507 e. The molecule has 1 unspecified atom stereocenters. The van der Waals surface area contributed by atoms with Crippen LogP contribution in [0, 0.1) is 0 Å². The molecule has 5 nitrogen and oxygen atoms in total. The summed E-state index contributed by atoms with van der Waals surface area (Å²) in [6, 6.07) is 20.7. The third kappa shape index (κ3) is 3.87. The zero-order valence-electron chi connectivity index (χ0n) is 18.0. The number of aromatic nitrogens is 1. The predicted molar refractivity (Wildman–Crippen MR) is 134 cm³/mol. The Hall–Kier alpha value is -3.54. The van der Waals surface area contributed by atoms with Gasteiger partial charge >= 0.3 is 0 Å². The highest BCUT2D eigenvalue weighted by atomic mass is 35.5. The van der Waals surface area contributed by atoms with Gasteiger partial charge in [0.25, 0.3) is 11.7 Å². The summed E-state index contributed by atoms with van der Waals surface area (Å²) in [6.45, 7) is 0.265. The van der Waals surface area contributed by atoms with Crippen molar-refractivity contribution < 1.29 is 14.7 Å². The predicted octanol–water partition coefficient (Wildman–Crippen LogP) is 6.14. The Morgan fingerprint density at radius 3 is 2.47 bits per heavy atom. The van der Waals surface area contributed by atoms with Gasteiger partial charge in [-0.05, 0) is 35.7 Å². The number of nitrogens with one attached hydrogen (secondary N) is 1. The van der Waals surface area contributed by atoms with Gasteiger partial charge in [0.1, 0.15) is 5.76 Å². The first kappa shape index (κ1) is 22.3. The van der Waals surface area contributed by atoms with Crippen molar-refractivity contribution in [2.45, 2.75) is 12.5 Å². The summed E-state index contributed by atoms with van der Waals surface area (Å²) in [7, 11) is 0. The average Bonchev–Trinajstić information content (AvgIpc) is 3.36. The molecule has 5 rings (SSSR count). The second-order valence-corrected chi connectivity index (χ2v) is 8.98. The first-order valence-electron chi connectivity index (χ1n) is 10.8. The van der Waals surface area contributed by atoms with E-state index in [2.05, 4.69) is 4.98 Å². The molecule has 170 valence electrons. The second kappa shape index (κ2) is 9.01. The first-order valence-corrected chi connectivity index (χ1v) is 11.5. The van der Waals surface area contributed by atoms with E-state index in [-0.39, 0.29) is 17.9 Å². The van der Waals surface area contributed by atoms with Crippen LogP contribution in [-0.2, 0) is 16.0 Å². The standard InChI is InChI=1S/C27H20Cl2N2O3/c28-18-10-11-20(21(29)14-18)24-23(25(32)16-6-2-1-3-7-16)26(33)27(34)31(24)13-12-17-15-30-22-9-5-4-8-19(17)22/h1-11,14-15,24,30,32H,12-13H2/b25-23-. The molecule has 2 heterocycles. The molecular formula is C27H20Cl2N2O3. The maximum absolute atomic E-state index is 13.2. The quantitative estimate of drug-likeness (QED) is 0.200. The molecule has 1 saturated heterocycles. The number of likely N-dealkylation sites (tertiary alicyclic amines) is 1. The lowest BCUT2D eigenvalue weighted by molar-refractivity contribution is -0.139. The van der Waals surface area contributed by atoms with Crippen LogP contribution in [0.3, 0.4) is 0 Å². The number of amides is 1. The second-order valence-electron chi connectivity index (χ2n) is 8.13. The number of benzene rings is 3. The van der Waals surface area contributed by atoms with Crippen molar-refractivity contribution in [1.82, 2.24) is 9.88 Å². The van der Waals surface area contributed by atoms with Gasteiger partial charge in [0.2, 0.25) is 0 Å². The highest BCUT2D eigenvalue weighted by Gasteiger charge is 2.46. The summed E-state index contributed by atoms with van der Waals surface area (Å²) < 4.78 is 0. The fourth-order valence-corrected chi connectivity index (χ4v) is 5.00. The Morgan fingerprint density at radius 2 is 1.71 bits per heavy atom. The van der Waals surface area contributed by atoms with Crippen LogP contribution in [0.4, 0.5) is 0 Å². The number of fused-ring (bicyclic) bond motifs is 1. The molecule has 1 aromatic heterocycles. The molecule has 1 fully saturated rings. The summed E-state index contributed by atoms with van der Waals surface area (Å²) in [4.78, 5) is 31.1. The van der Waals surface area contributed by atoms with E-state index in [1.54, 1.807) is 42.5 Å². The van der Waals surface area contributed by atoms with Crippen molar-refractivity contribution in [1.29, 1.82) is 0 Å². The number of hydrogen-bond acceptors (Lipinski definition) is 3. The van der Waals surface area contributed by atoms with Crippen LogP contribution >= 0.6 is 23.2 Å². The van der Waals surface area contributed by atoms with E-state index in [9.17, 15) is 14.7 Å². The first-order chi connectivity index (χ1) is 16.5. The number of halogens is 2. The number of aliphatic hydroxyl groups is 1. The summed E-state index contributed by atoms with van der Waals surface area (Å²) >= 11 is 12.6. The molecule has 34 heavy (non-hydrogen) atoms. The van der Waals surface area contributed by atoms with Gasteiger partial charge in [-0.2, -0.15) is 0 Å². The van der Waals surface area contributed by atoms with E-state index in [1.165, 1.54) is 4.90 Å². The average molecular weight is 491 g/mol. The highest BCUT2D eigenvalue weighted by molar-refractivity contribution is 6.47. The molecule has 1 atom stereocenters. The van der Waals surface area contributed by atoms with E-state index in [0.717, 1.165) is 16.5 Å². The minimum atomic E-state index is -0.838. The number of carbonyl (C=O) groups excluding carboxylic acids is 2. The zero-order valence-corrected chi connectivity index (χ0v) is 19.5. The van der Waals surface area contributed by atoms with Crippen molar-refractivity contribution >= 4 is 51.6 Å². The molecule has 7 heteroatoms. The van der Waals surface area contributed by atoms with Gasteiger partial charge in [0, 0.05) is 39.3 Å². The van der Waals surface area contributed by atoms with E-state index >= 15 is 0 Å². The summed E-state index contributed by atoms with van der Waals surface area (Å²) in [5, 5.41) is 12.9. The Labute approximate surface area is 206 Å². The van der Waals surface area contributed by atoms with Crippen LogP contribution in [0.5, 0.6) is 0 Å². The smallest absolute Gasteiger partial charge is 0.295 e. The fraction of sp³-hybridized carbons (Fsp3) is 0.111. The van der Waals surface area contributed by atoms with E-state index in [0.29, 0.717) is 27.6 Å². The number of carbonyl (C=O) groups is 2.